The third-order valence-corrected chi connectivity index (χ3v) is 4.94. The van der Waals surface area contributed by atoms with Crippen molar-refractivity contribution in [2.45, 2.75) is 78.1 Å². The van der Waals surface area contributed by atoms with E-state index in [2.05, 4.69) is 18.8 Å². The number of carboxylic acid groups (broad SMARTS) is 1. The minimum absolute atomic E-state index is 0.360. The average Bonchev–Trinajstić information content (AvgIpc) is 2.89. The number of carboxylic acids is 1. The van der Waals surface area contributed by atoms with Crippen molar-refractivity contribution in [2.24, 2.45) is 0 Å². The Labute approximate surface area is 145 Å². The van der Waals surface area contributed by atoms with Gasteiger partial charge in [0, 0.05) is 16.6 Å². The number of hydrogen-bond donors (Lipinski definition) is 2. The summed E-state index contributed by atoms with van der Waals surface area (Å²) in [5, 5.41) is 10.2. The predicted octanol–water partition coefficient (Wildman–Crippen LogP) is 6.25. The minimum Gasteiger partial charge on any atom is -0.478 e. The van der Waals surface area contributed by atoms with Crippen LogP contribution in [0.5, 0.6) is 0 Å². The normalized spacial score (nSPS) is 11.2. The third kappa shape index (κ3) is 5.12. The number of benzene rings is 1. The molecule has 0 aliphatic carbocycles. The van der Waals surface area contributed by atoms with E-state index < -0.39 is 5.97 Å². The topological polar surface area (TPSA) is 53.1 Å². The Morgan fingerprint density at radius 1 is 1.00 bits per heavy atom. The fourth-order valence-corrected chi connectivity index (χ4v) is 3.38. The summed E-state index contributed by atoms with van der Waals surface area (Å²) in [5.74, 6) is -0.863. The lowest BCUT2D eigenvalue weighted by Gasteiger charge is -2.02. The average molecular weight is 329 g/mol. The molecule has 0 aliphatic rings. The molecule has 0 unspecified atom stereocenters. The molecule has 2 rings (SSSR count). The monoisotopic (exact) mass is 329 g/mol. The SMILES string of the molecule is CCCCCCCCCCCc1[nH]c2ccc(C(=O)O)cc2c1C. The van der Waals surface area contributed by atoms with Gasteiger partial charge in [0.25, 0.3) is 0 Å². The summed E-state index contributed by atoms with van der Waals surface area (Å²) in [7, 11) is 0. The fourth-order valence-electron chi connectivity index (χ4n) is 3.38. The number of fused-ring (bicyclic) bond motifs is 1. The van der Waals surface area contributed by atoms with Crippen molar-refractivity contribution in [3.63, 3.8) is 0 Å². The molecule has 0 spiro atoms. The van der Waals surface area contributed by atoms with Crippen LogP contribution in [0.25, 0.3) is 10.9 Å². The zero-order valence-electron chi connectivity index (χ0n) is 15.2. The maximum Gasteiger partial charge on any atom is 0.335 e. The van der Waals surface area contributed by atoms with Crippen LogP contribution in [0.3, 0.4) is 0 Å². The van der Waals surface area contributed by atoms with Gasteiger partial charge in [0.05, 0.1) is 5.56 Å². The number of carbonyl (C=O) groups is 1. The second-order valence-electron chi connectivity index (χ2n) is 6.87. The maximum absolute atomic E-state index is 11.1. The van der Waals surface area contributed by atoms with Gasteiger partial charge in [0.15, 0.2) is 0 Å². The van der Waals surface area contributed by atoms with Gasteiger partial charge in [-0.25, -0.2) is 4.79 Å². The highest BCUT2D eigenvalue weighted by Gasteiger charge is 2.10. The molecule has 0 bridgehead atoms. The molecule has 0 amide bonds. The van der Waals surface area contributed by atoms with E-state index in [0.29, 0.717) is 5.56 Å². The zero-order valence-corrected chi connectivity index (χ0v) is 15.2. The number of aromatic amines is 1. The summed E-state index contributed by atoms with van der Waals surface area (Å²) in [6, 6.07) is 5.33. The number of nitrogens with one attached hydrogen (secondary N) is 1. The second kappa shape index (κ2) is 9.51. The number of H-pyrrole nitrogens is 1. The molecule has 0 fully saturated rings. The molecular weight excluding hydrogens is 298 g/mol. The predicted molar refractivity (Wildman–Crippen MR) is 101 cm³/mol. The molecule has 0 atom stereocenters. The highest BCUT2D eigenvalue weighted by Crippen LogP contribution is 2.24. The molecular formula is C21H31NO2. The minimum atomic E-state index is -0.863. The molecule has 1 heterocycles. The summed E-state index contributed by atoms with van der Waals surface area (Å²) < 4.78 is 0. The van der Waals surface area contributed by atoms with Crippen LogP contribution in [0, 0.1) is 6.92 Å². The van der Waals surface area contributed by atoms with Gasteiger partial charge < -0.3 is 10.1 Å². The van der Waals surface area contributed by atoms with E-state index in [4.69, 9.17) is 5.11 Å². The van der Waals surface area contributed by atoms with Crippen molar-refractivity contribution >= 4 is 16.9 Å². The van der Waals surface area contributed by atoms with Gasteiger partial charge >= 0.3 is 5.97 Å². The molecule has 0 saturated heterocycles. The van der Waals surface area contributed by atoms with Crippen LogP contribution in [0.4, 0.5) is 0 Å². The van der Waals surface area contributed by atoms with Gasteiger partial charge in [-0.3, -0.25) is 0 Å². The quantitative estimate of drug-likeness (QED) is 0.479. The molecule has 2 aromatic rings. The van der Waals surface area contributed by atoms with E-state index >= 15 is 0 Å². The van der Waals surface area contributed by atoms with Crippen LogP contribution >= 0.6 is 0 Å². The van der Waals surface area contributed by atoms with Crippen molar-refractivity contribution < 1.29 is 9.90 Å². The molecule has 24 heavy (non-hydrogen) atoms. The first-order valence-electron chi connectivity index (χ1n) is 9.48. The molecule has 0 aliphatic heterocycles. The van der Waals surface area contributed by atoms with E-state index in [-0.39, 0.29) is 0 Å². The van der Waals surface area contributed by atoms with Crippen LogP contribution in [0.15, 0.2) is 18.2 Å². The summed E-state index contributed by atoms with van der Waals surface area (Å²) in [6.07, 6.45) is 13.1. The first kappa shape index (κ1) is 18.6. The van der Waals surface area contributed by atoms with Crippen molar-refractivity contribution in [1.29, 1.82) is 0 Å². The van der Waals surface area contributed by atoms with Crippen LogP contribution < -0.4 is 0 Å². The summed E-state index contributed by atoms with van der Waals surface area (Å²) in [4.78, 5) is 14.6. The standard InChI is InChI=1S/C21H31NO2/c1-3-4-5-6-7-8-9-10-11-12-19-16(2)18-15-17(21(23)24)13-14-20(18)22-19/h13-15,22H,3-12H2,1-2H3,(H,23,24). The lowest BCUT2D eigenvalue weighted by molar-refractivity contribution is 0.0697. The van der Waals surface area contributed by atoms with Gasteiger partial charge in [-0.2, -0.15) is 0 Å². The largest absolute Gasteiger partial charge is 0.478 e. The highest BCUT2D eigenvalue weighted by molar-refractivity contribution is 5.95. The Bertz CT molecular complexity index is 657. The third-order valence-electron chi connectivity index (χ3n) is 4.94. The lowest BCUT2D eigenvalue weighted by Crippen LogP contribution is -1.94. The molecule has 1 aromatic carbocycles. The van der Waals surface area contributed by atoms with Crippen molar-refractivity contribution in [3.8, 4) is 0 Å². The number of rotatable bonds is 11. The van der Waals surface area contributed by atoms with E-state index in [1.165, 1.54) is 69.0 Å². The molecule has 132 valence electrons. The van der Waals surface area contributed by atoms with E-state index in [0.717, 1.165) is 17.3 Å². The molecule has 0 saturated carbocycles. The Kier molecular flexibility index (Phi) is 7.36. The first-order valence-corrected chi connectivity index (χ1v) is 9.48. The van der Waals surface area contributed by atoms with E-state index in [1.807, 2.05) is 6.07 Å². The number of unbranched alkanes of at least 4 members (excludes halogenated alkanes) is 8. The summed E-state index contributed by atoms with van der Waals surface area (Å²) in [6.45, 7) is 4.35. The maximum atomic E-state index is 11.1. The number of aromatic nitrogens is 1. The van der Waals surface area contributed by atoms with Crippen LogP contribution in [-0.2, 0) is 6.42 Å². The Morgan fingerprint density at radius 2 is 1.62 bits per heavy atom. The van der Waals surface area contributed by atoms with Gasteiger partial charge in [-0.1, -0.05) is 58.3 Å². The van der Waals surface area contributed by atoms with Crippen molar-refractivity contribution in [1.82, 2.24) is 4.98 Å². The van der Waals surface area contributed by atoms with Gasteiger partial charge in [0.2, 0.25) is 0 Å². The van der Waals surface area contributed by atoms with E-state index in [1.54, 1.807) is 12.1 Å². The molecule has 3 heteroatoms. The Balaban J connectivity index is 1.77. The van der Waals surface area contributed by atoms with E-state index in [9.17, 15) is 4.79 Å². The molecule has 3 nitrogen and oxygen atoms in total. The molecule has 0 radical (unpaired) electrons. The molecule has 1 aromatic heterocycles. The van der Waals surface area contributed by atoms with Gasteiger partial charge in [-0.05, 0) is 43.5 Å². The first-order chi connectivity index (χ1) is 11.6. The number of hydrogen-bond acceptors (Lipinski definition) is 1. The van der Waals surface area contributed by atoms with Crippen LogP contribution in [0.1, 0.15) is 86.3 Å². The van der Waals surface area contributed by atoms with Crippen molar-refractivity contribution in [3.05, 3.63) is 35.0 Å². The van der Waals surface area contributed by atoms with Gasteiger partial charge in [0.1, 0.15) is 0 Å². The summed E-state index contributed by atoms with van der Waals surface area (Å²) in [5.41, 5.74) is 3.87. The summed E-state index contributed by atoms with van der Waals surface area (Å²) >= 11 is 0. The van der Waals surface area contributed by atoms with Crippen LogP contribution in [-0.4, -0.2) is 16.1 Å². The molecule has 2 N–H and O–H groups in total. The fraction of sp³-hybridized carbons (Fsp3) is 0.571. The van der Waals surface area contributed by atoms with Gasteiger partial charge in [-0.15, -0.1) is 0 Å². The number of aromatic carboxylic acids is 1. The van der Waals surface area contributed by atoms with Crippen LogP contribution in [0.2, 0.25) is 0 Å². The Morgan fingerprint density at radius 3 is 2.25 bits per heavy atom. The smallest absolute Gasteiger partial charge is 0.335 e. The van der Waals surface area contributed by atoms with Crippen molar-refractivity contribution in [2.75, 3.05) is 0 Å². The Hall–Kier alpha value is -1.77. The number of aryl methyl sites for hydroxylation is 2. The second-order valence-corrected chi connectivity index (χ2v) is 6.87. The highest BCUT2D eigenvalue weighted by atomic mass is 16.4. The zero-order chi connectivity index (χ0) is 17.4. The lowest BCUT2D eigenvalue weighted by atomic mass is 10.0.